The maximum Gasteiger partial charge on any atom is 0.332 e. The lowest BCUT2D eigenvalue weighted by atomic mass is 9.97. The molecule has 0 amide bonds. The molecule has 0 radical (unpaired) electrons. The first kappa shape index (κ1) is 28.2. The first-order valence-corrected chi connectivity index (χ1v) is 10.8. The summed E-state index contributed by atoms with van der Waals surface area (Å²) in [7, 11) is 0. The Morgan fingerprint density at radius 3 is 1.94 bits per heavy atom. The molecule has 0 unspecified atom stereocenters. The molecule has 32 heavy (non-hydrogen) atoms. The van der Waals surface area contributed by atoms with Crippen LogP contribution in [0.5, 0.6) is 0 Å². The molecule has 0 bridgehead atoms. The molecular weight excluding hydrogens is 416 g/mol. The number of hydrogen-bond acceptors (Lipinski definition) is 7. The van der Waals surface area contributed by atoms with Crippen LogP contribution in [-0.2, 0) is 33.2 Å². The average molecular weight is 455 g/mol. The number of carbonyl (C=O) groups is 1. The van der Waals surface area contributed by atoms with Gasteiger partial charge in [-0.3, -0.25) is 0 Å². The Bertz CT molecular complexity index is 591. The van der Waals surface area contributed by atoms with E-state index in [-0.39, 0.29) is 32.3 Å². The monoisotopic (exact) mass is 454 g/mol. The van der Waals surface area contributed by atoms with Crippen LogP contribution in [0.25, 0.3) is 0 Å². The van der Waals surface area contributed by atoms with Gasteiger partial charge < -0.3 is 33.5 Å². The molecule has 1 N–H and O–H groups in total. The average Bonchev–Trinajstić information content (AvgIpc) is 2.75. The van der Waals surface area contributed by atoms with E-state index in [9.17, 15) is 9.90 Å². The highest BCUT2D eigenvalue weighted by Gasteiger charge is 2.49. The maximum atomic E-state index is 11.8. The van der Waals surface area contributed by atoms with Crippen molar-refractivity contribution in [2.75, 3.05) is 33.0 Å². The molecule has 0 aliphatic carbocycles. The molecule has 1 heterocycles. The van der Waals surface area contributed by atoms with Gasteiger partial charge in [0.1, 0.15) is 24.4 Å². The van der Waals surface area contributed by atoms with E-state index in [4.69, 9.17) is 28.4 Å². The summed E-state index contributed by atoms with van der Waals surface area (Å²) in [4.78, 5) is 11.8. The molecule has 1 aliphatic heterocycles. The Hall–Kier alpha value is -1.81. The van der Waals surface area contributed by atoms with E-state index >= 15 is 0 Å². The zero-order chi connectivity index (χ0) is 23.9. The molecule has 1 fully saturated rings. The highest BCUT2D eigenvalue weighted by Crippen LogP contribution is 2.31. The van der Waals surface area contributed by atoms with Crippen LogP contribution in [0.2, 0.25) is 0 Å². The van der Waals surface area contributed by atoms with Crippen LogP contribution < -0.4 is 0 Å². The van der Waals surface area contributed by atoms with Gasteiger partial charge in [0.2, 0.25) is 0 Å². The normalized spacial score (nSPS) is 26.4. The second kappa shape index (κ2) is 15.9. The molecule has 6 atom stereocenters. The van der Waals surface area contributed by atoms with Gasteiger partial charge in [0.15, 0.2) is 12.4 Å². The lowest BCUT2D eigenvalue weighted by Gasteiger charge is -2.46. The first-order valence-electron chi connectivity index (χ1n) is 10.8. The molecule has 0 aromatic carbocycles. The van der Waals surface area contributed by atoms with Crippen LogP contribution in [0.3, 0.4) is 0 Å². The Balaban J connectivity index is 3.26. The molecule has 182 valence electrons. The number of carboxylic acids is 1. The minimum Gasteiger partial charge on any atom is -0.479 e. The molecule has 0 aromatic rings. The molecule has 1 aliphatic rings. The second-order valence-electron chi connectivity index (χ2n) is 7.72. The minimum atomic E-state index is -1.07. The molecule has 1 saturated heterocycles. The Morgan fingerprint density at radius 1 is 0.906 bits per heavy atom. The van der Waals surface area contributed by atoms with Crippen LogP contribution in [0.4, 0.5) is 0 Å². The van der Waals surface area contributed by atoms with Gasteiger partial charge in [-0.05, 0) is 12.3 Å². The fourth-order valence-electron chi connectivity index (χ4n) is 3.30. The number of rotatable bonds is 18. The van der Waals surface area contributed by atoms with Gasteiger partial charge in [-0.1, -0.05) is 38.2 Å². The second-order valence-corrected chi connectivity index (χ2v) is 7.72. The quantitative estimate of drug-likeness (QED) is 0.249. The summed E-state index contributed by atoms with van der Waals surface area (Å²) in [5, 5.41) is 9.68. The van der Waals surface area contributed by atoms with Gasteiger partial charge in [-0.25, -0.2) is 4.79 Å². The van der Waals surface area contributed by atoms with Gasteiger partial charge >= 0.3 is 5.97 Å². The SMILES string of the molecule is C=CCOC[C@H]1O[C@@H](O[C@@H](CC(C)C)C(=O)O)[C@H](OCC=C)[C@@H](OCC=C)[C@@H]1OCC=C. The van der Waals surface area contributed by atoms with Crippen molar-refractivity contribution in [2.24, 2.45) is 5.92 Å². The molecule has 0 spiro atoms. The van der Waals surface area contributed by atoms with Crippen LogP contribution in [0.15, 0.2) is 50.6 Å². The van der Waals surface area contributed by atoms with Crippen molar-refractivity contribution in [1.29, 1.82) is 0 Å². The van der Waals surface area contributed by atoms with Crippen LogP contribution in [0, 0.1) is 5.92 Å². The summed E-state index contributed by atoms with van der Waals surface area (Å²) in [5.41, 5.74) is 0. The third-order valence-electron chi connectivity index (χ3n) is 4.59. The first-order chi connectivity index (χ1) is 15.4. The van der Waals surface area contributed by atoms with E-state index in [1.165, 1.54) is 0 Å². The number of hydrogen-bond donors (Lipinski definition) is 1. The minimum absolute atomic E-state index is 0.107. The third kappa shape index (κ3) is 9.36. The molecular formula is C24H38O8. The number of aliphatic carboxylic acids is 1. The largest absolute Gasteiger partial charge is 0.479 e. The molecule has 0 saturated carbocycles. The lowest BCUT2D eigenvalue weighted by molar-refractivity contribution is -0.327. The van der Waals surface area contributed by atoms with Crippen LogP contribution in [0.1, 0.15) is 20.3 Å². The Morgan fingerprint density at radius 2 is 1.44 bits per heavy atom. The van der Waals surface area contributed by atoms with Crippen molar-refractivity contribution in [2.45, 2.75) is 57.1 Å². The summed E-state index contributed by atoms with van der Waals surface area (Å²) in [5.74, 6) is -0.965. The standard InChI is InChI=1S/C24H38O8/c1-7-11-27-16-19-20(28-12-8-2)21(29-13-9-3)22(30-14-10-4)24(32-19)31-18(23(25)26)15-17(5)6/h7-10,17-22,24H,1-4,11-16H2,5-6H3,(H,25,26)/t18-,19+,20+,21-,22+,24+/m0/s1. The van der Waals surface area contributed by atoms with E-state index in [2.05, 4.69) is 26.3 Å². The van der Waals surface area contributed by atoms with Crippen molar-refractivity contribution in [3.8, 4) is 0 Å². The topological polar surface area (TPSA) is 92.7 Å². The fourth-order valence-corrected chi connectivity index (χ4v) is 3.30. The van der Waals surface area contributed by atoms with Crippen molar-refractivity contribution in [3.63, 3.8) is 0 Å². The summed E-state index contributed by atoms with van der Waals surface area (Å²) >= 11 is 0. The van der Waals surface area contributed by atoms with Gasteiger partial charge in [-0.15, -0.1) is 26.3 Å². The summed E-state index contributed by atoms with van der Waals surface area (Å²) in [6, 6.07) is 0. The van der Waals surface area contributed by atoms with E-state index in [1.54, 1.807) is 24.3 Å². The fraction of sp³-hybridized carbons (Fsp3) is 0.625. The van der Waals surface area contributed by atoms with Crippen LogP contribution in [-0.4, -0.2) is 80.9 Å². The van der Waals surface area contributed by atoms with Gasteiger partial charge in [0.25, 0.3) is 0 Å². The summed E-state index contributed by atoms with van der Waals surface area (Å²) in [6.45, 7) is 19.8. The maximum absolute atomic E-state index is 11.8. The zero-order valence-electron chi connectivity index (χ0n) is 19.2. The number of carboxylic acid groups (broad SMARTS) is 1. The smallest absolute Gasteiger partial charge is 0.332 e. The molecule has 1 rings (SSSR count). The van der Waals surface area contributed by atoms with Crippen molar-refractivity contribution in [1.82, 2.24) is 0 Å². The molecule has 8 nitrogen and oxygen atoms in total. The van der Waals surface area contributed by atoms with Gasteiger partial charge in [0.05, 0.1) is 33.0 Å². The highest BCUT2D eigenvalue weighted by atomic mass is 16.7. The summed E-state index contributed by atoms with van der Waals surface area (Å²) in [6.07, 6.45) is 2.07. The van der Waals surface area contributed by atoms with E-state index < -0.39 is 42.8 Å². The Labute approximate surface area is 191 Å². The predicted molar refractivity (Wildman–Crippen MR) is 121 cm³/mol. The zero-order valence-corrected chi connectivity index (χ0v) is 19.2. The summed E-state index contributed by atoms with van der Waals surface area (Å²) < 4.78 is 35.6. The van der Waals surface area contributed by atoms with E-state index in [1.807, 2.05) is 13.8 Å². The predicted octanol–water partition coefficient (Wildman–Crippen LogP) is 3.14. The Kier molecular flexibility index (Phi) is 14.0. The van der Waals surface area contributed by atoms with Crippen LogP contribution >= 0.6 is 0 Å². The van der Waals surface area contributed by atoms with E-state index in [0.29, 0.717) is 13.0 Å². The van der Waals surface area contributed by atoms with Crippen molar-refractivity contribution in [3.05, 3.63) is 50.6 Å². The van der Waals surface area contributed by atoms with Gasteiger partial charge in [0, 0.05) is 0 Å². The number of ether oxygens (including phenoxy) is 6. The third-order valence-corrected chi connectivity index (χ3v) is 4.59. The van der Waals surface area contributed by atoms with Gasteiger partial charge in [-0.2, -0.15) is 0 Å². The highest BCUT2D eigenvalue weighted by molar-refractivity contribution is 5.72. The molecule has 0 aromatic heterocycles. The van der Waals surface area contributed by atoms with E-state index in [0.717, 1.165) is 0 Å². The van der Waals surface area contributed by atoms with Crippen molar-refractivity contribution >= 4 is 5.97 Å². The lowest BCUT2D eigenvalue weighted by Crippen LogP contribution is -2.62. The molecule has 8 heteroatoms. The van der Waals surface area contributed by atoms with Crippen molar-refractivity contribution < 1.29 is 38.3 Å².